The summed E-state index contributed by atoms with van der Waals surface area (Å²) >= 11 is 5.27. The van der Waals surface area contributed by atoms with Gasteiger partial charge >= 0.3 is 0 Å². The van der Waals surface area contributed by atoms with E-state index in [0.717, 1.165) is 11.0 Å². The van der Waals surface area contributed by atoms with Crippen molar-refractivity contribution in [2.24, 2.45) is 0 Å². The van der Waals surface area contributed by atoms with Crippen LogP contribution in [0.1, 0.15) is 19.3 Å². The minimum absolute atomic E-state index is 0.379. The molecule has 1 N–H and O–H groups in total. The third kappa shape index (κ3) is 2.85. The van der Waals surface area contributed by atoms with Crippen molar-refractivity contribution in [3.8, 4) is 5.88 Å². The van der Waals surface area contributed by atoms with E-state index in [2.05, 4.69) is 37.5 Å². The molecule has 0 spiro atoms. The quantitative estimate of drug-likeness (QED) is 0.904. The van der Waals surface area contributed by atoms with E-state index < -0.39 is 0 Å². The number of nitrogens with zero attached hydrogens (tertiary/aromatic N) is 2. The third-order valence-corrected chi connectivity index (χ3v) is 5.13. The molecule has 0 saturated heterocycles. The minimum Gasteiger partial charge on any atom is -0.480 e. The predicted molar refractivity (Wildman–Crippen MR) is 74.9 cm³/mol. The van der Waals surface area contributed by atoms with Crippen molar-refractivity contribution in [3.63, 3.8) is 0 Å². The first-order valence-corrected chi connectivity index (χ1v) is 7.56. The second-order valence-electron chi connectivity index (χ2n) is 4.15. The number of aromatic nitrogens is 2. The highest BCUT2D eigenvalue weighted by Gasteiger charge is 2.35. The van der Waals surface area contributed by atoms with Crippen LogP contribution in [0.5, 0.6) is 5.88 Å². The van der Waals surface area contributed by atoms with E-state index in [9.17, 15) is 0 Å². The standard InChI is InChI=1S/C11H16BrN3OS/c1-16-9-8(12)6-13-10(15-9)14-7-11(17-2)4-3-5-11/h6H,3-5,7H2,1-2H3,(H,13,14,15). The Labute approximate surface area is 114 Å². The van der Waals surface area contributed by atoms with Crippen molar-refractivity contribution in [1.82, 2.24) is 9.97 Å². The van der Waals surface area contributed by atoms with Crippen molar-refractivity contribution in [2.45, 2.75) is 24.0 Å². The molecule has 0 aliphatic heterocycles. The molecule has 0 aromatic carbocycles. The number of halogens is 1. The molecule has 2 rings (SSSR count). The van der Waals surface area contributed by atoms with Crippen LogP contribution in [0.3, 0.4) is 0 Å². The summed E-state index contributed by atoms with van der Waals surface area (Å²) < 4.78 is 6.29. The molecule has 1 saturated carbocycles. The van der Waals surface area contributed by atoms with E-state index in [0.29, 0.717) is 16.6 Å². The molecule has 1 aromatic rings. The summed E-state index contributed by atoms with van der Waals surface area (Å²) in [5, 5.41) is 3.30. The topological polar surface area (TPSA) is 47.0 Å². The Kier molecular flexibility index (Phi) is 4.14. The monoisotopic (exact) mass is 317 g/mol. The summed E-state index contributed by atoms with van der Waals surface area (Å²) in [5.41, 5.74) is 0. The zero-order chi connectivity index (χ0) is 12.3. The second-order valence-corrected chi connectivity index (χ2v) is 6.27. The first-order valence-electron chi connectivity index (χ1n) is 5.55. The number of hydrogen-bond acceptors (Lipinski definition) is 5. The number of rotatable bonds is 5. The van der Waals surface area contributed by atoms with Gasteiger partial charge in [-0.3, -0.25) is 0 Å². The first kappa shape index (κ1) is 13.0. The molecule has 1 fully saturated rings. The predicted octanol–water partition coefficient (Wildman–Crippen LogP) is 2.95. The number of hydrogen-bond donors (Lipinski definition) is 1. The Morgan fingerprint density at radius 2 is 2.35 bits per heavy atom. The van der Waals surface area contributed by atoms with Gasteiger partial charge in [0.05, 0.1) is 17.8 Å². The summed E-state index contributed by atoms with van der Waals surface area (Å²) in [4.78, 5) is 8.51. The van der Waals surface area contributed by atoms with Crippen molar-refractivity contribution in [2.75, 3.05) is 25.2 Å². The Bertz CT molecular complexity index is 393. The summed E-state index contributed by atoms with van der Waals surface area (Å²) in [6.07, 6.45) is 7.75. The fourth-order valence-electron chi connectivity index (χ4n) is 1.84. The average molecular weight is 318 g/mol. The van der Waals surface area contributed by atoms with Gasteiger partial charge in [-0.05, 0) is 35.0 Å². The number of methoxy groups -OCH3 is 1. The summed E-state index contributed by atoms with van der Waals surface area (Å²) in [7, 11) is 1.60. The summed E-state index contributed by atoms with van der Waals surface area (Å²) in [6, 6.07) is 0. The van der Waals surface area contributed by atoms with E-state index in [1.54, 1.807) is 13.3 Å². The van der Waals surface area contributed by atoms with Gasteiger partial charge in [-0.2, -0.15) is 16.7 Å². The van der Waals surface area contributed by atoms with Crippen molar-refractivity contribution >= 4 is 33.6 Å². The van der Waals surface area contributed by atoms with Crippen LogP contribution in [0.4, 0.5) is 5.95 Å². The lowest BCUT2D eigenvalue weighted by molar-refractivity contribution is 0.377. The summed E-state index contributed by atoms with van der Waals surface area (Å²) in [6.45, 7) is 0.916. The fourth-order valence-corrected chi connectivity index (χ4v) is 3.11. The molecule has 4 nitrogen and oxygen atoms in total. The molecule has 0 unspecified atom stereocenters. The number of ether oxygens (including phenoxy) is 1. The Balaban J connectivity index is 1.99. The van der Waals surface area contributed by atoms with Crippen molar-refractivity contribution in [1.29, 1.82) is 0 Å². The van der Waals surface area contributed by atoms with Gasteiger partial charge in [0.1, 0.15) is 0 Å². The molecule has 17 heavy (non-hydrogen) atoms. The van der Waals surface area contributed by atoms with Gasteiger partial charge in [0.25, 0.3) is 0 Å². The van der Waals surface area contributed by atoms with E-state index in [4.69, 9.17) is 4.74 Å². The summed E-state index contributed by atoms with van der Waals surface area (Å²) in [5.74, 6) is 1.19. The van der Waals surface area contributed by atoms with E-state index in [1.165, 1.54) is 19.3 Å². The van der Waals surface area contributed by atoms with Crippen LogP contribution >= 0.6 is 27.7 Å². The third-order valence-electron chi connectivity index (χ3n) is 3.17. The van der Waals surface area contributed by atoms with Crippen LogP contribution in [-0.4, -0.2) is 34.6 Å². The Hall–Kier alpha value is -0.490. The molecule has 1 aromatic heterocycles. The van der Waals surface area contributed by atoms with Gasteiger partial charge in [0.2, 0.25) is 11.8 Å². The molecule has 6 heteroatoms. The molecule has 1 aliphatic carbocycles. The number of thioether (sulfide) groups is 1. The second kappa shape index (κ2) is 5.44. The van der Waals surface area contributed by atoms with Crippen LogP contribution in [0, 0.1) is 0 Å². The lowest BCUT2D eigenvalue weighted by atomic mass is 9.84. The van der Waals surface area contributed by atoms with Crippen LogP contribution in [0.15, 0.2) is 10.7 Å². The van der Waals surface area contributed by atoms with Gasteiger partial charge in [0, 0.05) is 11.3 Å². The highest BCUT2D eigenvalue weighted by atomic mass is 79.9. The lowest BCUT2D eigenvalue weighted by Crippen LogP contribution is -2.40. The molecule has 0 bridgehead atoms. The van der Waals surface area contributed by atoms with E-state index in [1.807, 2.05) is 11.8 Å². The van der Waals surface area contributed by atoms with Crippen LogP contribution in [0.25, 0.3) is 0 Å². The molecule has 0 radical (unpaired) electrons. The van der Waals surface area contributed by atoms with Crippen LogP contribution in [0.2, 0.25) is 0 Å². The van der Waals surface area contributed by atoms with E-state index in [-0.39, 0.29) is 0 Å². The Morgan fingerprint density at radius 3 is 2.88 bits per heavy atom. The number of anilines is 1. The lowest BCUT2D eigenvalue weighted by Gasteiger charge is -2.40. The van der Waals surface area contributed by atoms with Gasteiger partial charge in [-0.15, -0.1) is 0 Å². The van der Waals surface area contributed by atoms with Gasteiger partial charge < -0.3 is 10.1 Å². The van der Waals surface area contributed by atoms with E-state index >= 15 is 0 Å². The zero-order valence-electron chi connectivity index (χ0n) is 9.99. The highest BCUT2D eigenvalue weighted by molar-refractivity contribution is 9.10. The minimum atomic E-state index is 0.379. The molecule has 1 heterocycles. The largest absolute Gasteiger partial charge is 0.480 e. The molecular formula is C11H16BrN3OS. The first-order chi connectivity index (χ1) is 8.19. The molecule has 0 amide bonds. The molecule has 0 atom stereocenters. The zero-order valence-corrected chi connectivity index (χ0v) is 12.4. The molecular weight excluding hydrogens is 302 g/mol. The van der Waals surface area contributed by atoms with Gasteiger partial charge in [-0.1, -0.05) is 6.42 Å². The number of nitrogens with one attached hydrogen (secondary N) is 1. The van der Waals surface area contributed by atoms with Gasteiger partial charge in [0.15, 0.2) is 0 Å². The van der Waals surface area contributed by atoms with Crippen molar-refractivity contribution < 1.29 is 4.74 Å². The van der Waals surface area contributed by atoms with Crippen LogP contribution in [-0.2, 0) is 0 Å². The Morgan fingerprint density at radius 1 is 1.59 bits per heavy atom. The van der Waals surface area contributed by atoms with Crippen molar-refractivity contribution in [3.05, 3.63) is 10.7 Å². The fraction of sp³-hybridized carbons (Fsp3) is 0.636. The highest BCUT2D eigenvalue weighted by Crippen LogP contribution is 2.42. The van der Waals surface area contributed by atoms with Gasteiger partial charge in [-0.25, -0.2) is 4.98 Å². The maximum atomic E-state index is 5.14. The molecule has 94 valence electrons. The van der Waals surface area contributed by atoms with Crippen LogP contribution < -0.4 is 10.1 Å². The normalized spacial score (nSPS) is 17.4. The molecule has 1 aliphatic rings. The maximum absolute atomic E-state index is 5.14. The maximum Gasteiger partial charge on any atom is 0.232 e. The average Bonchev–Trinajstić information content (AvgIpc) is 2.30. The SMILES string of the molecule is COc1nc(NCC2(SC)CCC2)ncc1Br. The smallest absolute Gasteiger partial charge is 0.232 e.